The number of fused-ring (bicyclic) bond motifs is 2. The van der Waals surface area contributed by atoms with Crippen molar-refractivity contribution in [3.05, 3.63) is 84.3 Å². The van der Waals surface area contributed by atoms with Gasteiger partial charge in [0.1, 0.15) is 22.5 Å². The van der Waals surface area contributed by atoms with E-state index >= 15 is 0 Å². The number of amides is 1. The van der Waals surface area contributed by atoms with Crippen LogP contribution in [0.4, 0.5) is 8.78 Å². The molecule has 1 saturated heterocycles. The molecule has 1 amide bonds. The van der Waals surface area contributed by atoms with Crippen molar-refractivity contribution in [1.29, 1.82) is 0 Å². The SMILES string of the molecule is O=C(C1=C(c2cnc(COCCOc3c(F)ccc(F)c3Cl)s2)C[C@@H]2CCC[C@H]1N2)N(Cc1cccc(Cl)c1Cl)C1CC1. The van der Waals surface area contributed by atoms with Crippen LogP contribution in [0.15, 0.2) is 42.1 Å². The van der Waals surface area contributed by atoms with E-state index in [-0.39, 0.29) is 43.6 Å². The van der Waals surface area contributed by atoms with Crippen molar-refractivity contribution in [2.24, 2.45) is 0 Å². The number of carbonyl (C=O) groups is 1. The Morgan fingerprint density at radius 1 is 1.05 bits per heavy atom. The van der Waals surface area contributed by atoms with Gasteiger partial charge in [-0.2, -0.15) is 0 Å². The van der Waals surface area contributed by atoms with Crippen LogP contribution in [0.25, 0.3) is 5.57 Å². The highest BCUT2D eigenvalue weighted by atomic mass is 35.5. The summed E-state index contributed by atoms with van der Waals surface area (Å²) in [6.45, 7) is 0.746. The van der Waals surface area contributed by atoms with Crippen LogP contribution in [0, 0.1) is 11.6 Å². The fraction of sp³-hybridized carbons (Fsp3) is 0.419. The summed E-state index contributed by atoms with van der Waals surface area (Å²) in [6.07, 6.45) is 7.56. The van der Waals surface area contributed by atoms with Crippen molar-refractivity contribution < 1.29 is 23.0 Å². The van der Waals surface area contributed by atoms with Crippen molar-refractivity contribution >= 4 is 57.6 Å². The number of hydrogen-bond donors (Lipinski definition) is 1. The number of nitrogens with zero attached hydrogens (tertiary/aromatic N) is 2. The molecule has 2 atom stereocenters. The monoisotopic (exact) mass is 667 g/mol. The van der Waals surface area contributed by atoms with Gasteiger partial charge in [0.25, 0.3) is 5.91 Å². The third-order valence-corrected chi connectivity index (χ3v) is 10.3. The van der Waals surface area contributed by atoms with E-state index in [0.717, 1.165) is 77.3 Å². The number of nitrogens with one attached hydrogen (secondary N) is 1. The summed E-state index contributed by atoms with van der Waals surface area (Å²) in [7, 11) is 0. The van der Waals surface area contributed by atoms with E-state index < -0.39 is 16.7 Å². The zero-order chi connectivity index (χ0) is 30.1. The van der Waals surface area contributed by atoms with Gasteiger partial charge >= 0.3 is 0 Å². The molecule has 0 radical (unpaired) electrons. The van der Waals surface area contributed by atoms with Crippen LogP contribution in [-0.4, -0.2) is 47.1 Å². The average Bonchev–Trinajstić information content (AvgIpc) is 3.73. The number of aromatic nitrogens is 1. The summed E-state index contributed by atoms with van der Waals surface area (Å²) in [5.41, 5.74) is 2.70. The molecule has 3 heterocycles. The topological polar surface area (TPSA) is 63.7 Å². The van der Waals surface area contributed by atoms with Gasteiger partial charge in [0.05, 0.1) is 28.1 Å². The number of rotatable bonds is 11. The third kappa shape index (κ3) is 6.87. The second kappa shape index (κ2) is 13.4. The van der Waals surface area contributed by atoms with Gasteiger partial charge in [-0.1, -0.05) is 46.9 Å². The summed E-state index contributed by atoms with van der Waals surface area (Å²) in [5, 5.41) is 5.01. The lowest BCUT2D eigenvalue weighted by Gasteiger charge is -2.40. The summed E-state index contributed by atoms with van der Waals surface area (Å²) in [6, 6.07) is 7.93. The summed E-state index contributed by atoms with van der Waals surface area (Å²) in [5.74, 6) is -1.78. The lowest BCUT2D eigenvalue weighted by Crippen LogP contribution is -2.51. The van der Waals surface area contributed by atoms with Crippen molar-refractivity contribution in [2.75, 3.05) is 13.2 Å². The highest BCUT2D eigenvalue weighted by Gasteiger charge is 2.41. The molecule has 1 aliphatic carbocycles. The van der Waals surface area contributed by atoms with Gasteiger partial charge in [0.2, 0.25) is 0 Å². The molecule has 6 nitrogen and oxygen atoms in total. The molecule has 2 fully saturated rings. The average molecular weight is 669 g/mol. The molecule has 43 heavy (non-hydrogen) atoms. The third-order valence-electron chi connectivity index (χ3n) is 8.01. The molecule has 1 saturated carbocycles. The summed E-state index contributed by atoms with van der Waals surface area (Å²) >= 11 is 20.1. The van der Waals surface area contributed by atoms with E-state index in [1.807, 2.05) is 23.2 Å². The Morgan fingerprint density at radius 3 is 2.67 bits per heavy atom. The predicted molar refractivity (Wildman–Crippen MR) is 165 cm³/mol. The maximum Gasteiger partial charge on any atom is 0.252 e. The number of ether oxygens (including phenoxy) is 2. The van der Waals surface area contributed by atoms with Crippen molar-refractivity contribution in [3.63, 3.8) is 0 Å². The molecule has 1 N–H and O–H groups in total. The number of halogens is 5. The Bertz CT molecular complexity index is 1550. The first-order valence-electron chi connectivity index (χ1n) is 14.3. The number of thiazole rings is 1. The molecule has 1 aromatic heterocycles. The lowest BCUT2D eigenvalue weighted by molar-refractivity contribution is -0.128. The Hall–Kier alpha value is -2.27. The number of benzene rings is 2. The quantitative estimate of drug-likeness (QED) is 0.167. The van der Waals surface area contributed by atoms with Crippen LogP contribution in [0.3, 0.4) is 0 Å². The first-order valence-corrected chi connectivity index (χ1v) is 16.3. The molecule has 12 heteroatoms. The molecule has 228 valence electrons. The Labute approximate surface area is 267 Å². The van der Waals surface area contributed by atoms with Crippen LogP contribution in [0.2, 0.25) is 15.1 Å². The lowest BCUT2D eigenvalue weighted by atomic mass is 9.81. The second-order valence-corrected chi connectivity index (χ2v) is 13.3. The highest BCUT2D eigenvalue weighted by Crippen LogP contribution is 2.41. The maximum atomic E-state index is 14.3. The van der Waals surface area contributed by atoms with Crippen LogP contribution in [0.1, 0.15) is 54.0 Å². The zero-order valence-electron chi connectivity index (χ0n) is 23.2. The molecule has 2 aromatic carbocycles. The minimum absolute atomic E-state index is 0.00912. The minimum Gasteiger partial charge on any atom is -0.486 e. The maximum absolute atomic E-state index is 14.3. The van der Waals surface area contributed by atoms with Gasteiger partial charge in [-0.05, 0) is 67.9 Å². The van der Waals surface area contributed by atoms with Crippen LogP contribution >= 0.6 is 46.1 Å². The van der Waals surface area contributed by atoms with Crippen LogP contribution in [-0.2, 0) is 22.7 Å². The normalized spacial score (nSPS) is 19.9. The fourth-order valence-electron chi connectivity index (χ4n) is 5.77. The fourth-order valence-corrected chi connectivity index (χ4v) is 7.28. The number of piperidine rings is 1. The Balaban J connectivity index is 1.17. The van der Waals surface area contributed by atoms with Gasteiger partial charge in [0.15, 0.2) is 11.6 Å². The van der Waals surface area contributed by atoms with Gasteiger partial charge in [0, 0.05) is 36.4 Å². The Morgan fingerprint density at radius 2 is 1.86 bits per heavy atom. The predicted octanol–water partition coefficient (Wildman–Crippen LogP) is 7.84. The molecule has 2 aliphatic heterocycles. The van der Waals surface area contributed by atoms with Crippen LogP contribution in [0.5, 0.6) is 5.75 Å². The summed E-state index contributed by atoms with van der Waals surface area (Å²) < 4.78 is 38.6. The van der Waals surface area contributed by atoms with E-state index in [9.17, 15) is 13.6 Å². The van der Waals surface area contributed by atoms with E-state index in [1.54, 1.807) is 6.07 Å². The van der Waals surface area contributed by atoms with E-state index in [0.29, 0.717) is 22.6 Å². The molecular weight excluding hydrogens is 639 g/mol. The van der Waals surface area contributed by atoms with Gasteiger partial charge in [-0.3, -0.25) is 4.79 Å². The number of carbonyl (C=O) groups excluding carboxylic acids is 1. The van der Waals surface area contributed by atoms with Crippen molar-refractivity contribution in [2.45, 2.75) is 69.8 Å². The first-order chi connectivity index (χ1) is 20.8. The Kier molecular flexibility index (Phi) is 9.57. The second-order valence-electron chi connectivity index (χ2n) is 11.0. The highest BCUT2D eigenvalue weighted by molar-refractivity contribution is 7.12. The largest absolute Gasteiger partial charge is 0.486 e. The summed E-state index contributed by atoms with van der Waals surface area (Å²) in [4.78, 5) is 21.8. The standard InChI is InChI=1S/C31H30Cl3F2N3O3S/c32-21-5-1-3-17(28(21)33)15-39(19-7-8-19)31(40)27-20(13-18-4-2-6-24(27)38-18)25-14-37-26(43-25)16-41-11-12-42-30-23(36)10-9-22(35)29(30)34/h1,3,5,9-10,14,18-19,24,38H,2,4,6-8,11-13,15-16H2/t18-,24+/m0/s1. The minimum atomic E-state index is -0.753. The molecule has 0 spiro atoms. The molecule has 0 unspecified atom stereocenters. The van der Waals surface area contributed by atoms with E-state index in [4.69, 9.17) is 44.3 Å². The molecule has 3 aromatic rings. The van der Waals surface area contributed by atoms with Gasteiger partial charge in [-0.15, -0.1) is 11.3 Å². The number of hydrogen-bond acceptors (Lipinski definition) is 6. The molecule has 2 bridgehead atoms. The van der Waals surface area contributed by atoms with Crippen molar-refractivity contribution in [3.8, 4) is 5.75 Å². The van der Waals surface area contributed by atoms with Gasteiger partial charge < -0.3 is 19.7 Å². The van der Waals surface area contributed by atoms with Gasteiger partial charge in [-0.25, -0.2) is 13.8 Å². The van der Waals surface area contributed by atoms with Crippen LogP contribution < -0.4 is 10.1 Å². The van der Waals surface area contributed by atoms with Crippen molar-refractivity contribution in [1.82, 2.24) is 15.2 Å². The first kappa shape index (κ1) is 30.7. The smallest absolute Gasteiger partial charge is 0.252 e. The molecular formula is C31H30Cl3F2N3O3S. The van der Waals surface area contributed by atoms with E-state index in [1.165, 1.54) is 11.3 Å². The molecule has 3 aliphatic rings. The molecule has 6 rings (SSSR count). The zero-order valence-corrected chi connectivity index (χ0v) is 26.3. The van der Waals surface area contributed by atoms with E-state index in [2.05, 4.69) is 10.3 Å².